The zero-order valence-corrected chi connectivity index (χ0v) is 14.9. The highest BCUT2D eigenvalue weighted by Gasteiger charge is 2.06. The van der Waals surface area contributed by atoms with Crippen LogP contribution in [0.2, 0.25) is 0 Å². The third-order valence-electron chi connectivity index (χ3n) is 3.97. The standard InChI is InChI=1S/C22H19FN2O2/c1-16-4-2-3-5-21(16)22(26)25-24-14-17-8-12-20(13-9-17)27-15-18-6-10-19(23)11-7-18/h2-14H,15H2,1H3,(H,25,26)/b24-14-. The Kier molecular flexibility index (Phi) is 5.94. The first-order chi connectivity index (χ1) is 13.1. The summed E-state index contributed by atoms with van der Waals surface area (Å²) >= 11 is 0. The first-order valence-electron chi connectivity index (χ1n) is 8.48. The summed E-state index contributed by atoms with van der Waals surface area (Å²) in [6.45, 7) is 2.24. The normalized spacial score (nSPS) is 10.7. The van der Waals surface area contributed by atoms with E-state index >= 15 is 0 Å². The van der Waals surface area contributed by atoms with Gasteiger partial charge in [-0.2, -0.15) is 5.10 Å². The van der Waals surface area contributed by atoms with E-state index in [1.54, 1.807) is 24.4 Å². The first-order valence-corrected chi connectivity index (χ1v) is 8.48. The van der Waals surface area contributed by atoms with Crippen LogP contribution in [0.25, 0.3) is 0 Å². The summed E-state index contributed by atoms with van der Waals surface area (Å²) in [7, 11) is 0. The van der Waals surface area contributed by atoms with Gasteiger partial charge in [-0.15, -0.1) is 0 Å². The molecule has 0 radical (unpaired) electrons. The number of hydrogen-bond donors (Lipinski definition) is 1. The maximum absolute atomic E-state index is 12.9. The molecule has 0 bridgehead atoms. The van der Waals surface area contributed by atoms with Crippen LogP contribution in [0, 0.1) is 12.7 Å². The molecule has 0 saturated heterocycles. The van der Waals surface area contributed by atoms with E-state index in [0.29, 0.717) is 17.9 Å². The SMILES string of the molecule is Cc1ccccc1C(=O)N/N=C\c1ccc(OCc2ccc(F)cc2)cc1. The molecule has 136 valence electrons. The molecule has 0 spiro atoms. The molecule has 1 amide bonds. The Bertz CT molecular complexity index is 935. The second kappa shape index (κ2) is 8.76. The lowest BCUT2D eigenvalue weighted by Crippen LogP contribution is -2.18. The average Bonchev–Trinajstić information content (AvgIpc) is 2.69. The molecule has 0 aromatic heterocycles. The number of hydrazone groups is 1. The summed E-state index contributed by atoms with van der Waals surface area (Å²) in [5.41, 5.74) is 5.73. The largest absolute Gasteiger partial charge is 0.489 e. The van der Waals surface area contributed by atoms with Crippen LogP contribution in [0.15, 0.2) is 77.9 Å². The summed E-state index contributed by atoms with van der Waals surface area (Å²) in [5.74, 6) is 0.181. The van der Waals surface area contributed by atoms with Gasteiger partial charge in [-0.1, -0.05) is 30.3 Å². The van der Waals surface area contributed by atoms with E-state index in [0.717, 1.165) is 16.7 Å². The fourth-order valence-electron chi connectivity index (χ4n) is 2.45. The van der Waals surface area contributed by atoms with Gasteiger partial charge in [-0.25, -0.2) is 9.82 Å². The lowest BCUT2D eigenvalue weighted by atomic mass is 10.1. The van der Waals surface area contributed by atoms with Crippen LogP contribution in [-0.4, -0.2) is 12.1 Å². The van der Waals surface area contributed by atoms with E-state index in [1.807, 2.05) is 49.4 Å². The van der Waals surface area contributed by atoms with Crippen molar-refractivity contribution in [1.82, 2.24) is 5.43 Å². The Balaban J connectivity index is 1.52. The Labute approximate surface area is 157 Å². The molecular weight excluding hydrogens is 343 g/mol. The molecule has 3 aromatic rings. The minimum atomic E-state index is -0.267. The number of aryl methyl sites for hydroxylation is 1. The van der Waals surface area contributed by atoms with Crippen molar-refractivity contribution in [3.8, 4) is 5.75 Å². The quantitative estimate of drug-likeness (QED) is 0.519. The lowest BCUT2D eigenvalue weighted by molar-refractivity contribution is 0.0954. The van der Waals surface area contributed by atoms with Crippen LogP contribution >= 0.6 is 0 Å². The molecule has 3 aromatic carbocycles. The van der Waals surface area contributed by atoms with Crippen LogP contribution in [0.1, 0.15) is 27.0 Å². The number of amides is 1. The molecule has 0 atom stereocenters. The Morgan fingerprint density at radius 3 is 2.44 bits per heavy atom. The minimum absolute atomic E-state index is 0.247. The van der Waals surface area contributed by atoms with Gasteiger partial charge in [-0.3, -0.25) is 4.79 Å². The summed E-state index contributed by atoms with van der Waals surface area (Å²) in [5, 5.41) is 3.99. The number of benzene rings is 3. The van der Waals surface area contributed by atoms with E-state index in [2.05, 4.69) is 10.5 Å². The lowest BCUT2D eigenvalue weighted by Gasteiger charge is -2.06. The zero-order chi connectivity index (χ0) is 19.1. The maximum Gasteiger partial charge on any atom is 0.271 e. The number of carbonyl (C=O) groups is 1. The van der Waals surface area contributed by atoms with Crippen molar-refractivity contribution in [2.24, 2.45) is 5.10 Å². The van der Waals surface area contributed by atoms with Gasteiger partial charge in [0.25, 0.3) is 5.91 Å². The maximum atomic E-state index is 12.9. The highest BCUT2D eigenvalue weighted by Crippen LogP contribution is 2.14. The first kappa shape index (κ1) is 18.3. The fourth-order valence-corrected chi connectivity index (χ4v) is 2.45. The van der Waals surface area contributed by atoms with Crippen molar-refractivity contribution in [3.05, 3.63) is 101 Å². The number of rotatable bonds is 6. The van der Waals surface area contributed by atoms with E-state index < -0.39 is 0 Å². The van der Waals surface area contributed by atoms with Crippen LogP contribution in [-0.2, 0) is 6.61 Å². The summed E-state index contributed by atoms with van der Waals surface area (Å²) in [4.78, 5) is 12.1. The predicted octanol–water partition coefficient (Wildman–Crippen LogP) is 4.48. The Hall–Kier alpha value is -3.47. The zero-order valence-electron chi connectivity index (χ0n) is 14.9. The van der Waals surface area contributed by atoms with E-state index in [4.69, 9.17) is 4.74 Å². The molecule has 0 fully saturated rings. The molecule has 1 N–H and O–H groups in total. The number of nitrogens with zero attached hydrogens (tertiary/aromatic N) is 1. The molecule has 0 unspecified atom stereocenters. The van der Waals surface area contributed by atoms with Gasteiger partial charge < -0.3 is 4.74 Å². The van der Waals surface area contributed by atoms with Gasteiger partial charge in [-0.05, 0) is 66.1 Å². The van der Waals surface area contributed by atoms with Crippen molar-refractivity contribution in [2.75, 3.05) is 0 Å². The van der Waals surface area contributed by atoms with Gasteiger partial charge in [0.15, 0.2) is 0 Å². The van der Waals surface area contributed by atoms with Crippen LogP contribution in [0.3, 0.4) is 0 Å². The minimum Gasteiger partial charge on any atom is -0.489 e. The summed E-state index contributed by atoms with van der Waals surface area (Å²) in [6, 6.07) is 20.8. The fraction of sp³-hybridized carbons (Fsp3) is 0.0909. The number of halogens is 1. The molecular formula is C22H19FN2O2. The third kappa shape index (κ3) is 5.25. The number of nitrogens with one attached hydrogen (secondary N) is 1. The topological polar surface area (TPSA) is 50.7 Å². The van der Waals surface area contributed by atoms with Crippen molar-refractivity contribution in [1.29, 1.82) is 0 Å². The molecule has 0 saturated carbocycles. The van der Waals surface area contributed by atoms with E-state index in [-0.39, 0.29) is 11.7 Å². The van der Waals surface area contributed by atoms with E-state index in [9.17, 15) is 9.18 Å². The molecule has 5 heteroatoms. The third-order valence-corrected chi connectivity index (χ3v) is 3.97. The molecule has 0 aliphatic carbocycles. The van der Waals surface area contributed by atoms with Gasteiger partial charge in [0.1, 0.15) is 18.2 Å². The van der Waals surface area contributed by atoms with Crippen molar-refractivity contribution in [3.63, 3.8) is 0 Å². The monoisotopic (exact) mass is 362 g/mol. The molecule has 3 rings (SSSR count). The van der Waals surface area contributed by atoms with Gasteiger partial charge in [0.05, 0.1) is 6.21 Å². The van der Waals surface area contributed by atoms with E-state index in [1.165, 1.54) is 12.1 Å². The van der Waals surface area contributed by atoms with Gasteiger partial charge in [0.2, 0.25) is 0 Å². The highest BCUT2D eigenvalue weighted by atomic mass is 19.1. The van der Waals surface area contributed by atoms with Crippen LogP contribution in [0.4, 0.5) is 4.39 Å². The molecule has 0 aliphatic rings. The van der Waals surface area contributed by atoms with Crippen molar-refractivity contribution < 1.29 is 13.9 Å². The smallest absolute Gasteiger partial charge is 0.271 e. The Morgan fingerprint density at radius 1 is 1.04 bits per heavy atom. The average molecular weight is 362 g/mol. The number of ether oxygens (including phenoxy) is 1. The van der Waals surface area contributed by atoms with Gasteiger partial charge >= 0.3 is 0 Å². The summed E-state index contributed by atoms with van der Waals surface area (Å²) < 4.78 is 18.5. The second-order valence-corrected chi connectivity index (χ2v) is 6.00. The van der Waals surface area contributed by atoms with Crippen LogP contribution < -0.4 is 10.2 Å². The van der Waals surface area contributed by atoms with Crippen molar-refractivity contribution >= 4 is 12.1 Å². The van der Waals surface area contributed by atoms with Crippen molar-refractivity contribution in [2.45, 2.75) is 13.5 Å². The van der Waals surface area contributed by atoms with Gasteiger partial charge in [0, 0.05) is 5.56 Å². The highest BCUT2D eigenvalue weighted by molar-refractivity contribution is 5.96. The number of hydrogen-bond acceptors (Lipinski definition) is 3. The number of carbonyl (C=O) groups excluding carboxylic acids is 1. The predicted molar refractivity (Wildman–Crippen MR) is 103 cm³/mol. The molecule has 27 heavy (non-hydrogen) atoms. The molecule has 0 heterocycles. The Morgan fingerprint density at radius 2 is 1.74 bits per heavy atom. The van der Waals surface area contributed by atoms with Crippen LogP contribution in [0.5, 0.6) is 5.75 Å². The molecule has 0 aliphatic heterocycles. The summed E-state index contributed by atoms with van der Waals surface area (Å²) in [6.07, 6.45) is 1.57. The second-order valence-electron chi connectivity index (χ2n) is 6.00. The molecule has 4 nitrogen and oxygen atoms in total.